The fourth-order valence-electron chi connectivity index (χ4n) is 2.19. The van der Waals surface area contributed by atoms with Crippen molar-refractivity contribution in [2.75, 3.05) is 13.2 Å². The van der Waals surface area contributed by atoms with E-state index < -0.39 is 5.41 Å². The molecule has 0 aliphatic rings. The maximum atomic E-state index is 13.0. The first kappa shape index (κ1) is 15.1. The molecule has 0 aliphatic carbocycles. The fourth-order valence-corrected chi connectivity index (χ4v) is 2.61. The smallest absolute Gasteiger partial charge is 0.123 e. The van der Waals surface area contributed by atoms with Crippen molar-refractivity contribution in [1.82, 2.24) is 4.98 Å². The standard InChI is InChI=1S/C15H15BrFNO2/c16-13-5-11(7-18-8-13)6-15(9-19,10-20)12-1-3-14(17)4-2-12/h1-5,7-8,19-20H,6,9-10H2. The van der Waals surface area contributed by atoms with Crippen LogP contribution in [0.4, 0.5) is 4.39 Å². The predicted octanol–water partition coefficient (Wildman–Crippen LogP) is 2.45. The van der Waals surface area contributed by atoms with Crippen molar-refractivity contribution in [3.63, 3.8) is 0 Å². The number of hydrogen-bond donors (Lipinski definition) is 2. The average Bonchev–Trinajstić information content (AvgIpc) is 2.46. The molecule has 5 heteroatoms. The predicted molar refractivity (Wildman–Crippen MR) is 77.9 cm³/mol. The first-order valence-electron chi connectivity index (χ1n) is 6.17. The van der Waals surface area contributed by atoms with Crippen molar-refractivity contribution >= 4 is 15.9 Å². The van der Waals surface area contributed by atoms with Crippen LogP contribution < -0.4 is 0 Å². The van der Waals surface area contributed by atoms with Gasteiger partial charge in [-0.25, -0.2) is 4.39 Å². The molecule has 0 amide bonds. The second-order valence-electron chi connectivity index (χ2n) is 4.79. The van der Waals surface area contributed by atoms with Crippen LogP contribution in [-0.4, -0.2) is 28.4 Å². The molecule has 3 nitrogen and oxygen atoms in total. The molecule has 1 aromatic heterocycles. The number of aromatic nitrogens is 1. The molecule has 1 aromatic carbocycles. The zero-order chi connectivity index (χ0) is 14.6. The molecule has 20 heavy (non-hydrogen) atoms. The zero-order valence-corrected chi connectivity index (χ0v) is 12.3. The molecule has 2 rings (SSSR count). The van der Waals surface area contributed by atoms with E-state index in [0.717, 1.165) is 10.0 Å². The lowest BCUT2D eigenvalue weighted by Crippen LogP contribution is -2.37. The van der Waals surface area contributed by atoms with Gasteiger partial charge in [0, 0.05) is 22.3 Å². The first-order chi connectivity index (χ1) is 9.59. The molecule has 0 radical (unpaired) electrons. The second-order valence-corrected chi connectivity index (χ2v) is 5.71. The number of rotatable bonds is 5. The minimum absolute atomic E-state index is 0.234. The van der Waals surface area contributed by atoms with Crippen LogP contribution in [0, 0.1) is 5.82 Å². The normalized spacial score (nSPS) is 11.6. The summed E-state index contributed by atoms with van der Waals surface area (Å²) in [6, 6.07) is 7.72. The lowest BCUT2D eigenvalue weighted by Gasteiger charge is -2.30. The molecule has 0 atom stereocenters. The van der Waals surface area contributed by atoms with Gasteiger partial charge in [-0.05, 0) is 51.7 Å². The van der Waals surface area contributed by atoms with Crippen LogP contribution >= 0.6 is 15.9 Å². The quantitative estimate of drug-likeness (QED) is 0.879. The molecular formula is C15H15BrFNO2. The van der Waals surface area contributed by atoms with Gasteiger partial charge >= 0.3 is 0 Å². The summed E-state index contributed by atoms with van der Waals surface area (Å²) in [4.78, 5) is 4.07. The summed E-state index contributed by atoms with van der Waals surface area (Å²) in [5, 5.41) is 19.5. The number of benzene rings is 1. The van der Waals surface area contributed by atoms with Gasteiger partial charge in [0.25, 0.3) is 0 Å². The van der Waals surface area contributed by atoms with E-state index in [1.807, 2.05) is 6.07 Å². The molecule has 0 unspecified atom stereocenters. The Hall–Kier alpha value is -1.30. The fraction of sp³-hybridized carbons (Fsp3) is 0.267. The molecule has 0 fully saturated rings. The Balaban J connectivity index is 2.36. The molecule has 106 valence electrons. The van der Waals surface area contributed by atoms with E-state index in [1.165, 1.54) is 12.1 Å². The van der Waals surface area contributed by atoms with Crippen LogP contribution in [0.5, 0.6) is 0 Å². The van der Waals surface area contributed by atoms with E-state index in [1.54, 1.807) is 24.5 Å². The largest absolute Gasteiger partial charge is 0.395 e. The van der Waals surface area contributed by atoms with Crippen LogP contribution in [-0.2, 0) is 11.8 Å². The molecule has 0 bridgehead atoms. The van der Waals surface area contributed by atoms with Gasteiger partial charge in [0.15, 0.2) is 0 Å². The van der Waals surface area contributed by atoms with Crippen LogP contribution in [0.25, 0.3) is 0 Å². The van der Waals surface area contributed by atoms with E-state index >= 15 is 0 Å². The van der Waals surface area contributed by atoms with E-state index in [-0.39, 0.29) is 19.0 Å². The van der Waals surface area contributed by atoms with E-state index in [2.05, 4.69) is 20.9 Å². The lowest BCUT2D eigenvalue weighted by molar-refractivity contribution is 0.116. The number of aliphatic hydroxyl groups excluding tert-OH is 2. The molecule has 0 spiro atoms. The van der Waals surface area contributed by atoms with Gasteiger partial charge in [-0.2, -0.15) is 0 Å². The summed E-state index contributed by atoms with van der Waals surface area (Å²) < 4.78 is 13.9. The third-order valence-corrected chi connectivity index (χ3v) is 3.80. The molecule has 2 aromatic rings. The second kappa shape index (κ2) is 6.43. The van der Waals surface area contributed by atoms with Gasteiger partial charge in [-0.3, -0.25) is 4.98 Å². The third-order valence-electron chi connectivity index (χ3n) is 3.37. The van der Waals surface area contributed by atoms with E-state index in [4.69, 9.17) is 0 Å². The molecule has 1 heterocycles. The highest BCUT2D eigenvalue weighted by molar-refractivity contribution is 9.10. The zero-order valence-electron chi connectivity index (χ0n) is 10.8. The maximum Gasteiger partial charge on any atom is 0.123 e. The van der Waals surface area contributed by atoms with E-state index in [0.29, 0.717) is 12.0 Å². The molecule has 0 aliphatic heterocycles. The molecule has 0 saturated carbocycles. The van der Waals surface area contributed by atoms with Gasteiger partial charge in [-0.1, -0.05) is 12.1 Å². The Bertz CT molecular complexity index is 570. The number of aliphatic hydroxyl groups is 2. The number of halogens is 2. The SMILES string of the molecule is OCC(CO)(Cc1cncc(Br)c1)c1ccc(F)cc1. The van der Waals surface area contributed by atoms with E-state index in [9.17, 15) is 14.6 Å². The lowest BCUT2D eigenvalue weighted by atomic mass is 9.77. The summed E-state index contributed by atoms with van der Waals surface area (Å²) in [6.07, 6.45) is 3.77. The van der Waals surface area contributed by atoms with Gasteiger partial charge in [0.2, 0.25) is 0 Å². The monoisotopic (exact) mass is 339 g/mol. The third kappa shape index (κ3) is 3.23. The van der Waals surface area contributed by atoms with Crippen molar-refractivity contribution in [3.05, 3.63) is 64.1 Å². The number of hydrogen-bond acceptors (Lipinski definition) is 3. The summed E-state index contributed by atoms with van der Waals surface area (Å²) in [6.45, 7) is -0.469. The Morgan fingerprint density at radius 1 is 1.10 bits per heavy atom. The topological polar surface area (TPSA) is 53.4 Å². The number of nitrogens with zero attached hydrogens (tertiary/aromatic N) is 1. The van der Waals surface area contributed by atoms with Crippen LogP contribution in [0.2, 0.25) is 0 Å². The Morgan fingerprint density at radius 2 is 1.75 bits per heavy atom. The highest BCUT2D eigenvalue weighted by atomic mass is 79.9. The highest BCUT2D eigenvalue weighted by Gasteiger charge is 2.31. The van der Waals surface area contributed by atoms with Crippen molar-refractivity contribution in [2.24, 2.45) is 0 Å². The van der Waals surface area contributed by atoms with Crippen molar-refractivity contribution in [1.29, 1.82) is 0 Å². The Kier molecular flexibility index (Phi) is 4.86. The average molecular weight is 340 g/mol. The van der Waals surface area contributed by atoms with Gasteiger partial charge in [-0.15, -0.1) is 0 Å². The Labute approximate surface area is 125 Å². The van der Waals surface area contributed by atoms with Gasteiger partial charge in [0.1, 0.15) is 5.82 Å². The minimum atomic E-state index is -0.851. The van der Waals surface area contributed by atoms with Gasteiger partial charge < -0.3 is 10.2 Å². The molecular weight excluding hydrogens is 325 g/mol. The van der Waals surface area contributed by atoms with Crippen molar-refractivity contribution in [2.45, 2.75) is 11.8 Å². The summed E-state index contributed by atoms with van der Waals surface area (Å²) in [7, 11) is 0. The highest BCUT2D eigenvalue weighted by Crippen LogP contribution is 2.28. The first-order valence-corrected chi connectivity index (χ1v) is 6.96. The van der Waals surface area contributed by atoms with Crippen molar-refractivity contribution in [3.8, 4) is 0 Å². The van der Waals surface area contributed by atoms with Gasteiger partial charge in [0.05, 0.1) is 13.2 Å². The Morgan fingerprint density at radius 3 is 2.30 bits per heavy atom. The van der Waals surface area contributed by atoms with Crippen LogP contribution in [0.3, 0.4) is 0 Å². The maximum absolute atomic E-state index is 13.0. The van der Waals surface area contributed by atoms with Crippen LogP contribution in [0.1, 0.15) is 11.1 Å². The van der Waals surface area contributed by atoms with Crippen LogP contribution in [0.15, 0.2) is 47.2 Å². The summed E-state index contributed by atoms with van der Waals surface area (Å²) in [5.74, 6) is -0.345. The minimum Gasteiger partial charge on any atom is -0.395 e. The van der Waals surface area contributed by atoms with Crippen molar-refractivity contribution < 1.29 is 14.6 Å². The molecule has 2 N–H and O–H groups in total. The molecule has 0 saturated heterocycles. The summed E-state index contributed by atoms with van der Waals surface area (Å²) >= 11 is 3.34. The summed E-state index contributed by atoms with van der Waals surface area (Å²) in [5.41, 5.74) is 0.728. The number of pyridine rings is 1.